The maximum absolute atomic E-state index is 13.8. The monoisotopic (exact) mass is 450 g/mol. The van der Waals surface area contributed by atoms with E-state index < -0.39 is 17.7 Å². The van der Waals surface area contributed by atoms with Crippen LogP contribution in [0.2, 0.25) is 0 Å². The molecule has 1 aliphatic rings. The zero-order valence-corrected chi connectivity index (χ0v) is 18.0. The summed E-state index contributed by atoms with van der Waals surface area (Å²) < 4.78 is 25.4. The fourth-order valence-electron chi connectivity index (χ4n) is 3.88. The number of hydrogen-bond donors (Lipinski definition) is 1. The highest BCUT2D eigenvalue weighted by atomic mass is 19.1. The standard InChI is InChI=1S/C25H23FN2O5/c1-32-22-11-10-20(13-23(22)33-21-4-2-3-5-21)28(19-8-6-16(7-9-19)25(30)31)24(29)17-12-18(26)15-27-14-17/h6-15,21H,2-5H2,1H3,(H,30,31). The molecule has 0 spiro atoms. The lowest BCUT2D eigenvalue weighted by Gasteiger charge is -2.25. The molecule has 0 atom stereocenters. The van der Waals surface area contributed by atoms with E-state index >= 15 is 0 Å². The summed E-state index contributed by atoms with van der Waals surface area (Å²) in [5.41, 5.74) is 0.998. The number of benzene rings is 2. The van der Waals surface area contributed by atoms with Crippen LogP contribution < -0.4 is 14.4 Å². The van der Waals surface area contributed by atoms with Crippen LogP contribution in [0, 0.1) is 5.82 Å². The van der Waals surface area contributed by atoms with Crippen molar-refractivity contribution in [2.24, 2.45) is 0 Å². The fourth-order valence-corrected chi connectivity index (χ4v) is 3.88. The van der Waals surface area contributed by atoms with Crippen LogP contribution in [-0.4, -0.2) is 35.2 Å². The van der Waals surface area contributed by atoms with Crippen LogP contribution in [-0.2, 0) is 0 Å². The number of rotatable bonds is 7. The summed E-state index contributed by atoms with van der Waals surface area (Å²) in [5.74, 6) is -1.21. The highest BCUT2D eigenvalue weighted by Gasteiger charge is 2.24. The summed E-state index contributed by atoms with van der Waals surface area (Å²) in [7, 11) is 1.54. The summed E-state index contributed by atoms with van der Waals surface area (Å²) >= 11 is 0. The third kappa shape index (κ3) is 4.95. The molecule has 0 aliphatic heterocycles. The molecule has 1 aliphatic carbocycles. The molecule has 8 heteroatoms. The van der Waals surface area contributed by atoms with Crippen LogP contribution in [0.3, 0.4) is 0 Å². The summed E-state index contributed by atoms with van der Waals surface area (Å²) in [6.07, 6.45) is 6.45. The molecule has 33 heavy (non-hydrogen) atoms. The van der Waals surface area contributed by atoms with Gasteiger partial charge in [0, 0.05) is 18.0 Å². The van der Waals surface area contributed by atoms with Crippen LogP contribution in [0.5, 0.6) is 11.5 Å². The van der Waals surface area contributed by atoms with Crippen LogP contribution >= 0.6 is 0 Å². The molecule has 1 heterocycles. The highest BCUT2D eigenvalue weighted by Crippen LogP contribution is 2.37. The summed E-state index contributed by atoms with van der Waals surface area (Å²) in [6.45, 7) is 0. The van der Waals surface area contributed by atoms with E-state index in [4.69, 9.17) is 9.47 Å². The molecule has 170 valence electrons. The third-order valence-electron chi connectivity index (χ3n) is 5.53. The summed E-state index contributed by atoms with van der Waals surface area (Å²) in [4.78, 5) is 29.9. The molecular weight excluding hydrogens is 427 g/mol. The van der Waals surface area contributed by atoms with Gasteiger partial charge in [-0.15, -0.1) is 0 Å². The summed E-state index contributed by atoms with van der Waals surface area (Å²) in [6, 6.07) is 12.1. The number of methoxy groups -OCH3 is 1. The number of ether oxygens (including phenoxy) is 2. The first-order chi connectivity index (χ1) is 16.0. The quantitative estimate of drug-likeness (QED) is 0.530. The molecule has 1 N–H and O–H groups in total. The van der Waals surface area contributed by atoms with Crippen molar-refractivity contribution in [3.8, 4) is 11.5 Å². The average Bonchev–Trinajstić information content (AvgIpc) is 3.33. The van der Waals surface area contributed by atoms with Crippen molar-refractivity contribution in [3.05, 3.63) is 77.9 Å². The lowest BCUT2D eigenvalue weighted by molar-refractivity contribution is 0.0696. The molecule has 3 aromatic rings. The Morgan fingerprint density at radius 3 is 2.30 bits per heavy atom. The number of carbonyl (C=O) groups is 2. The Labute approximate surface area is 190 Å². The van der Waals surface area contributed by atoms with Gasteiger partial charge < -0.3 is 14.6 Å². The van der Waals surface area contributed by atoms with Crippen LogP contribution in [0.4, 0.5) is 15.8 Å². The number of hydrogen-bond acceptors (Lipinski definition) is 5. The number of carbonyl (C=O) groups excluding carboxylic acids is 1. The van der Waals surface area contributed by atoms with Crippen LogP contribution in [0.15, 0.2) is 60.9 Å². The minimum atomic E-state index is -1.08. The van der Waals surface area contributed by atoms with E-state index in [1.807, 2.05) is 0 Å². The Bertz CT molecular complexity index is 1160. The molecular formula is C25H23FN2O5. The SMILES string of the molecule is COc1ccc(N(C(=O)c2cncc(F)c2)c2ccc(C(=O)O)cc2)cc1OC1CCCC1. The van der Waals surface area contributed by atoms with Gasteiger partial charge in [0.25, 0.3) is 5.91 Å². The molecule has 0 bridgehead atoms. The Hall–Kier alpha value is -3.94. The van der Waals surface area contributed by atoms with Gasteiger partial charge in [-0.05, 0) is 68.1 Å². The van der Waals surface area contributed by atoms with E-state index in [2.05, 4.69) is 4.98 Å². The number of aromatic carboxylic acids is 1. The zero-order valence-electron chi connectivity index (χ0n) is 18.0. The maximum Gasteiger partial charge on any atom is 0.335 e. The van der Waals surface area contributed by atoms with E-state index in [1.165, 1.54) is 35.4 Å². The van der Waals surface area contributed by atoms with Crippen molar-refractivity contribution in [3.63, 3.8) is 0 Å². The van der Waals surface area contributed by atoms with Gasteiger partial charge in [0.15, 0.2) is 11.5 Å². The fraction of sp³-hybridized carbons (Fsp3) is 0.240. The number of halogens is 1. The molecule has 0 unspecified atom stereocenters. The molecule has 4 rings (SSSR count). The van der Waals surface area contributed by atoms with Gasteiger partial charge in [0.05, 0.1) is 36.2 Å². The van der Waals surface area contributed by atoms with E-state index in [-0.39, 0.29) is 17.2 Å². The second kappa shape index (κ2) is 9.68. The van der Waals surface area contributed by atoms with E-state index in [0.29, 0.717) is 22.9 Å². The maximum atomic E-state index is 13.8. The molecule has 7 nitrogen and oxygen atoms in total. The van der Waals surface area contributed by atoms with Gasteiger partial charge in [-0.25, -0.2) is 9.18 Å². The van der Waals surface area contributed by atoms with Crippen molar-refractivity contribution in [1.82, 2.24) is 4.98 Å². The van der Waals surface area contributed by atoms with Crippen LogP contribution in [0.25, 0.3) is 0 Å². The topological polar surface area (TPSA) is 89.0 Å². The van der Waals surface area contributed by atoms with E-state index in [0.717, 1.165) is 37.9 Å². The lowest BCUT2D eigenvalue weighted by Crippen LogP contribution is -2.26. The Morgan fingerprint density at radius 1 is 0.970 bits per heavy atom. The predicted molar refractivity (Wildman–Crippen MR) is 120 cm³/mol. The lowest BCUT2D eigenvalue weighted by atomic mass is 10.1. The number of pyridine rings is 1. The van der Waals surface area contributed by atoms with Crippen molar-refractivity contribution < 1.29 is 28.6 Å². The number of anilines is 2. The first-order valence-corrected chi connectivity index (χ1v) is 10.6. The third-order valence-corrected chi connectivity index (χ3v) is 5.53. The van der Waals surface area contributed by atoms with Crippen molar-refractivity contribution in [1.29, 1.82) is 0 Å². The largest absolute Gasteiger partial charge is 0.493 e. The second-order valence-electron chi connectivity index (χ2n) is 7.74. The van der Waals surface area contributed by atoms with E-state index in [9.17, 15) is 19.1 Å². The number of carboxylic acid groups (broad SMARTS) is 1. The average molecular weight is 450 g/mol. The van der Waals surface area contributed by atoms with Crippen molar-refractivity contribution in [2.75, 3.05) is 12.0 Å². The molecule has 2 aromatic carbocycles. The molecule has 1 aromatic heterocycles. The predicted octanol–water partition coefficient (Wildman–Crippen LogP) is 5.23. The van der Waals surface area contributed by atoms with Gasteiger partial charge in [0.2, 0.25) is 0 Å². The van der Waals surface area contributed by atoms with Gasteiger partial charge >= 0.3 is 5.97 Å². The first-order valence-electron chi connectivity index (χ1n) is 10.6. The highest BCUT2D eigenvalue weighted by molar-refractivity contribution is 6.11. The first kappa shape index (κ1) is 22.3. The smallest absolute Gasteiger partial charge is 0.335 e. The molecule has 1 fully saturated rings. The van der Waals surface area contributed by atoms with Crippen molar-refractivity contribution >= 4 is 23.3 Å². The van der Waals surface area contributed by atoms with Gasteiger partial charge in [-0.2, -0.15) is 0 Å². The number of nitrogens with zero attached hydrogens (tertiary/aromatic N) is 2. The molecule has 0 radical (unpaired) electrons. The van der Waals surface area contributed by atoms with E-state index in [1.54, 1.807) is 25.3 Å². The number of aromatic nitrogens is 1. The van der Waals surface area contributed by atoms with Gasteiger partial charge in [0.1, 0.15) is 5.82 Å². The molecule has 0 saturated heterocycles. The Kier molecular flexibility index (Phi) is 6.53. The van der Waals surface area contributed by atoms with Gasteiger partial charge in [-0.1, -0.05) is 0 Å². The summed E-state index contributed by atoms with van der Waals surface area (Å²) in [5, 5.41) is 9.22. The minimum Gasteiger partial charge on any atom is -0.493 e. The van der Waals surface area contributed by atoms with Crippen molar-refractivity contribution in [2.45, 2.75) is 31.8 Å². The van der Waals surface area contributed by atoms with Gasteiger partial charge in [-0.3, -0.25) is 14.7 Å². The number of amides is 1. The second-order valence-corrected chi connectivity index (χ2v) is 7.74. The Balaban J connectivity index is 1.78. The number of carboxylic acids is 1. The molecule has 1 saturated carbocycles. The minimum absolute atomic E-state index is 0.0476. The Morgan fingerprint density at radius 2 is 1.67 bits per heavy atom. The zero-order chi connectivity index (χ0) is 23.4. The van der Waals surface area contributed by atoms with Crippen LogP contribution in [0.1, 0.15) is 46.4 Å². The normalized spacial score (nSPS) is 13.5. The molecule has 1 amide bonds.